The molecule has 1 aliphatic heterocycles. The van der Waals surface area contributed by atoms with Crippen molar-refractivity contribution in [3.05, 3.63) is 24.3 Å². The number of hydrogen-bond acceptors (Lipinski definition) is 6. The Morgan fingerprint density at radius 3 is 2.34 bits per heavy atom. The lowest BCUT2D eigenvalue weighted by Gasteiger charge is -2.28. The highest BCUT2D eigenvalue weighted by molar-refractivity contribution is 6.38. The first kappa shape index (κ1) is 22.4. The molecule has 0 saturated carbocycles. The number of anilines is 2. The average Bonchev–Trinajstić information content (AvgIpc) is 2.72. The van der Waals surface area contributed by atoms with E-state index >= 15 is 0 Å². The summed E-state index contributed by atoms with van der Waals surface area (Å²) in [5.74, 6) is -2.01. The number of piperidine rings is 1. The van der Waals surface area contributed by atoms with Crippen molar-refractivity contribution in [3.8, 4) is 0 Å². The summed E-state index contributed by atoms with van der Waals surface area (Å²) in [4.78, 5) is 51.2. The minimum Gasteiger partial charge on any atom is -0.466 e. The van der Waals surface area contributed by atoms with Crippen LogP contribution >= 0.6 is 0 Å². The van der Waals surface area contributed by atoms with Crippen LogP contribution < -0.4 is 9.80 Å². The molecular formula is C21H28N2O6. The van der Waals surface area contributed by atoms with Crippen molar-refractivity contribution in [1.29, 1.82) is 0 Å². The van der Waals surface area contributed by atoms with Gasteiger partial charge in [-0.1, -0.05) is 0 Å². The molecule has 29 heavy (non-hydrogen) atoms. The lowest BCUT2D eigenvalue weighted by atomic mass is 10.1. The average molecular weight is 404 g/mol. The highest BCUT2D eigenvalue weighted by atomic mass is 16.5. The van der Waals surface area contributed by atoms with Crippen molar-refractivity contribution in [3.63, 3.8) is 0 Å². The summed E-state index contributed by atoms with van der Waals surface area (Å²) in [6.07, 6.45) is 2.87. The van der Waals surface area contributed by atoms with Gasteiger partial charge in [-0.15, -0.1) is 0 Å². The van der Waals surface area contributed by atoms with Crippen LogP contribution in [-0.4, -0.2) is 50.1 Å². The molecule has 0 radical (unpaired) electrons. The molecule has 158 valence electrons. The van der Waals surface area contributed by atoms with Crippen LogP contribution in [0.25, 0.3) is 0 Å². The number of esters is 2. The number of ether oxygens (including phenoxy) is 2. The van der Waals surface area contributed by atoms with Crippen LogP contribution in [0.2, 0.25) is 0 Å². The van der Waals surface area contributed by atoms with Gasteiger partial charge < -0.3 is 19.3 Å². The SMILES string of the molecule is CCOC(=O)CCCN(C(=O)C(=O)OCC)c1ccc(N2CCCCC2=O)cc1. The first-order valence-electron chi connectivity index (χ1n) is 10.0. The molecule has 1 aromatic carbocycles. The van der Waals surface area contributed by atoms with Crippen molar-refractivity contribution in [2.75, 3.05) is 36.1 Å². The van der Waals surface area contributed by atoms with Crippen molar-refractivity contribution >= 4 is 35.1 Å². The van der Waals surface area contributed by atoms with E-state index in [1.54, 1.807) is 43.0 Å². The van der Waals surface area contributed by atoms with Gasteiger partial charge >= 0.3 is 17.8 Å². The van der Waals surface area contributed by atoms with Crippen LogP contribution in [0.15, 0.2) is 24.3 Å². The lowest BCUT2D eigenvalue weighted by molar-refractivity contribution is -0.153. The predicted molar refractivity (Wildman–Crippen MR) is 107 cm³/mol. The molecule has 1 fully saturated rings. The van der Waals surface area contributed by atoms with Crippen molar-refractivity contribution < 1.29 is 28.7 Å². The molecule has 0 atom stereocenters. The Morgan fingerprint density at radius 1 is 1.03 bits per heavy atom. The Morgan fingerprint density at radius 2 is 1.72 bits per heavy atom. The second-order valence-corrected chi connectivity index (χ2v) is 6.60. The smallest absolute Gasteiger partial charge is 0.397 e. The molecule has 0 aliphatic carbocycles. The fraction of sp³-hybridized carbons (Fsp3) is 0.524. The van der Waals surface area contributed by atoms with Crippen molar-refractivity contribution in [2.45, 2.75) is 46.0 Å². The molecule has 0 bridgehead atoms. The quantitative estimate of drug-likeness (QED) is 0.488. The van der Waals surface area contributed by atoms with Crippen LogP contribution in [0.5, 0.6) is 0 Å². The fourth-order valence-electron chi connectivity index (χ4n) is 3.16. The van der Waals surface area contributed by atoms with Gasteiger partial charge in [0, 0.05) is 37.3 Å². The number of rotatable bonds is 8. The van der Waals surface area contributed by atoms with Crippen LogP contribution in [0.4, 0.5) is 11.4 Å². The number of hydrogen-bond donors (Lipinski definition) is 0. The third kappa shape index (κ3) is 6.30. The molecule has 2 rings (SSSR count). The van der Waals surface area contributed by atoms with E-state index in [4.69, 9.17) is 9.47 Å². The highest BCUT2D eigenvalue weighted by Gasteiger charge is 2.25. The van der Waals surface area contributed by atoms with Gasteiger partial charge in [-0.2, -0.15) is 0 Å². The zero-order chi connectivity index (χ0) is 21.2. The van der Waals surface area contributed by atoms with Gasteiger partial charge in [0.2, 0.25) is 5.91 Å². The largest absolute Gasteiger partial charge is 0.466 e. The first-order chi connectivity index (χ1) is 14.0. The lowest BCUT2D eigenvalue weighted by Crippen LogP contribution is -2.39. The van der Waals surface area contributed by atoms with E-state index in [0.29, 0.717) is 31.7 Å². The van der Waals surface area contributed by atoms with Gasteiger partial charge in [0.25, 0.3) is 0 Å². The van der Waals surface area contributed by atoms with Gasteiger partial charge in [-0.3, -0.25) is 14.4 Å². The molecule has 0 aromatic heterocycles. The maximum Gasteiger partial charge on any atom is 0.397 e. The van der Waals surface area contributed by atoms with E-state index in [0.717, 1.165) is 18.5 Å². The molecular weight excluding hydrogens is 376 g/mol. The number of carbonyl (C=O) groups is 4. The van der Waals surface area contributed by atoms with E-state index in [2.05, 4.69) is 0 Å². The summed E-state index contributed by atoms with van der Waals surface area (Å²) in [7, 11) is 0. The minimum absolute atomic E-state index is 0.0814. The Hall–Kier alpha value is -2.90. The van der Waals surface area contributed by atoms with Crippen LogP contribution in [-0.2, 0) is 28.7 Å². The number of amides is 2. The topological polar surface area (TPSA) is 93.2 Å². The van der Waals surface area contributed by atoms with E-state index < -0.39 is 11.9 Å². The van der Waals surface area contributed by atoms with Gasteiger partial charge in [0.15, 0.2) is 0 Å². The normalized spacial score (nSPS) is 13.7. The Labute approximate surface area is 170 Å². The Balaban J connectivity index is 2.13. The summed E-state index contributed by atoms with van der Waals surface area (Å²) in [5, 5.41) is 0. The van der Waals surface area contributed by atoms with Crippen LogP contribution in [0, 0.1) is 0 Å². The molecule has 2 amide bonds. The Kier molecular flexibility index (Phi) is 8.64. The molecule has 0 spiro atoms. The van der Waals surface area contributed by atoms with Crippen LogP contribution in [0.3, 0.4) is 0 Å². The highest BCUT2D eigenvalue weighted by Crippen LogP contribution is 2.25. The zero-order valence-electron chi connectivity index (χ0n) is 17.0. The molecule has 8 nitrogen and oxygen atoms in total. The van der Waals surface area contributed by atoms with E-state index in [1.807, 2.05) is 0 Å². The number of benzene rings is 1. The molecule has 8 heteroatoms. The Bertz CT molecular complexity index is 731. The van der Waals surface area contributed by atoms with Gasteiger partial charge in [0.05, 0.1) is 13.2 Å². The summed E-state index contributed by atoms with van der Waals surface area (Å²) in [6.45, 7) is 4.57. The summed E-state index contributed by atoms with van der Waals surface area (Å²) < 4.78 is 9.73. The first-order valence-corrected chi connectivity index (χ1v) is 10.0. The standard InChI is InChI=1S/C21H28N2O6/c1-3-28-19(25)9-7-15-23(20(26)21(27)29-4-2)17-12-10-16(11-13-17)22-14-6-5-8-18(22)24/h10-13H,3-9,14-15H2,1-2H3. The van der Waals surface area contributed by atoms with Crippen molar-refractivity contribution in [1.82, 2.24) is 0 Å². The maximum atomic E-state index is 12.5. The van der Waals surface area contributed by atoms with E-state index in [1.165, 1.54) is 4.90 Å². The maximum absolute atomic E-state index is 12.5. The molecule has 1 aromatic rings. The number of carbonyl (C=O) groups excluding carboxylic acids is 4. The molecule has 1 aliphatic rings. The molecule has 0 N–H and O–H groups in total. The number of nitrogens with zero attached hydrogens (tertiary/aromatic N) is 2. The molecule has 0 unspecified atom stereocenters. The molecule has 1 saturated heterocycles. The summed E-state index contributed by atoms with van der Waals surface area (Å²) in [5.41, 5.74) is 1.26. The second-order valence-electron chi connectivity index (χ2n) is 6.60. The van der Waals surface area contributed by atoms with E-state index in [9.17, 15) is 19.2 Å². The van der Waals surface area contributed by atoms with Gasteiger partial charge in [-0.05, 0) is 57.4 Å². The minimum atomic E-state index is -0.945. The second kappa shape index (κ2) is 11.2. The summed E-state index contributed by atoms with van der Waals surface area (Å²) in [6, 6.07) is 6.90. The zero-order valence-corrected chi connectivity index (χ0v) is 17.0. The van der Waals surface area contributed by atoms with E-state index in [-0.39, 0.29) is 31.4 Å². The van der Waals surface area contributed by atoms with Crippen LogP contribution in [0.1, 0.15) is 46.0 Å². The van der Waals surface area contributed by atoms with Crippen molar-refractivity contribution in [2.24, 2.45) is 0 Å². The summed E-state index contributed by atoms with van der Waals surface area (Å²) >= 11 is 0. The fourth-order valence-corrected chi connectivity index (χ4v) is 3.16. The molecule has 1 heterocycles. The van der Waals surface area contributed by atoms with Gasteiger partial charge in [0.1, 0.15) is 0 Å². The van der Waals surface area contributed by atoms with Gasteiger partial charge in [-0.25, -0.2) is 4.79 Å². The monoisotopic (exact) mass is 404 g/mol. The predicted octanol–water partition coefficient (Wildman–Crippen LogP) is 2.44. The third-order valence-electron chi connectivity index (χ3n) is 4.56. The third-order valence-corrected chi connectivity index (χ3v) is 4.56.